The molecule has 2 aromatic carbocycles. The van der Waals surface area contributed by atoms with E-state index < -0.39 is 0 Å². The van der Waals surface area contributed by atoms with E-state index in [0.29, 0.717) is 23.9 Å². The van der Waals surface area contributed by atoms with Gasteiger partial charge in [0.25, 0.3) is 0 Å². The maximum absolute atomic E-state index is 8.81. The van der Waals surface area contributed by atoms with Crippen molar-refractivity contribution < 1.29 is 9.47 Å². The van der Waals surface area contributed by atoms with Crippen molar-refractivity contribution in [1.29, 1.82) is 5.26 Å². The lowest BCUT2D eigenvalue weighted by Crippen LogP contribution is -2.40. The molecule has 5 rings (SSSR count). The van der Waals surface area contributed by atoms with Gasteiger partial charge in [-0.2, -0.15) is 5.26 Å². The van der Waals surface area contributed by atoms with Crippen LogP contribution in [0.4, 0.5) is 11.6 Å². The monoisotopic (exact) mass is 427 g/mol. The van der Waals surface area contributed by atoms with Crippen LogP contribution in [-0.4, -0.2) is 38.8 Å². The Morgan fingerprint density at radius 3 is 2.62 bits per heavy atom. The largest absolute Gasteiger partial charge is 0.424 e. The number of hydrogen-bond acceptors (Lipinski definition) is 8. The van der Waals surface area contributed by atoms with Crippen LogP contribution in [0.25, 0.3) is 11.0 Å². The van der Waals surface area contributed by atoms with E-state index in [2.05, 4.69) is 31.2 Å². The van der Waals surface area contributed by atoms with E-state index in [-0.39, 0.29) is 6.01 Å². The van der Waals surface area contributed by atoms with Gasteiger partial charge in [-0.05, 0) is 35.9 Å². The quantitative estimate of drug-likeness (QED) is 0.461. The van der Waals surface area contributed by atoms with Crippen LogP contribution < -0.4 is 15.4 Å². The highest BCUT2D eigenvalue weighted by Gasteiger charge is 2.18. The number of imidazole rings is 1. The predicted molar refractivity (Wildman–Crippen MR) is 120 cm³/mol. The fourth-order valence-corrected chi connectivity index (χ4v) is 3.38. The minimum Gasteiger partial charge on any atom is -0.424 e. The van der Waals surface area contributed by atoms with Crippen LogP contribution in [0.2, 0.25) is 0 Å². The first-order chi connectivity index (χ1) is 15.7. The highest BCUT2D eigenvalue weighted by Crippen LogP contribution is 2.24. The highest BCUT2D eigenvalue weighted by atomic mass is 16.5. The smallest absolute Gasteiger partial charge is 0.321 e. The van der Waals surface area contributed by atoms with E-state index in [0.717, 1.165) is 41.4 Å². The number of anilines is 2. The summed E-state index contributed by atoms with van der Waals surface area (Å²) in [4.78, 5) is 12.7. The van der Waals surface area contributed by atoms with Crippen LogP contribution >= 0.6 is 0 Å². The van der Waals surface area contributed by atoms with Crippen molar-refractivity contribution in [2.24, 2.45) is 7.05 Å². The standard InChI is InChI=1S/C23H21N7O2/c1-30-21-8-17(28-18-13-31-14-18)4-7-20(21)29-22(30)25-10-15-2-5-19(6-3-15)32-23-26-11-16(9-24)12-27-23/h2-8,11-12,18,28H,10,13-14H2,1H3,(H,25,29). The molecule has 160 valence electrons. The zero-order valence-electron chi connectivity index (χ0n) is 17.4. The van der Waals surface area contributed by atoms with Crippen LogP contribution in [0, 0.1) is 11.3 Å². The molecule has 9 heteroatoms. The number of nitrogens with zero attached hydrogens (tertiary/aromatic N) is 5. The average Bonchev–Trinajstić information content (AvgIpc) is 3.11. The van der Waals surface area contributed by atoms with Gasteiger partial charge in [0.05, 0.1) is 48.2 Å². The van der Waals surface area contributed by atoms with Gasteiger partial charge in [0.2, 0.25) is 5.95 Å². The zero-order chi connectivity index (χ0) is 21.9. The van der Waals surface area contributed by atoms with Crippen LogP contribution in [0.5, 0.6) is 11.8 Å². The summed E-state index contributed by atoms with van der Waals surface area (Å²) in [5, 5.41) is 15.7. The Kier molecular flexibility index (Phi) is 5.27. The molecule has 2 aromatic heterocycles. The molecule has 0 unspecified atom stereocenters. The number of hydrogen-bond donors (Lipinski definition) is 2. The first kappa shape index (κ1) is 19.8. The van der Waals surface area contributed by atoms with Crippen molar-refractivity contribution in [2.45, 2.75) is 12.6 Å². The molecule has 1 aliphatic heterocycles. The Balaban J connectivity index is 1.22. The van der Waals surface area contributed by atoms with Crippen LogP contribution in [0.1, 0.15) is 11.1 Å². The Morgan fingerprint density at radius 2 is 1.94 bits per heavy atom. The molecule has 0 bridgehead atoms. The van der Waals surface area contributed by atoms with Crippen molar-refractivity contribution in [3.8, 4) is 17.8 Å². The van der Waals surface area contributed by atoms with Crippen molar-refractivity contribution in [3.63, 3.8) is 0 Å². The number of rotatable bonds is 7. The third kappa shape index (κ3) is 4.17. The molecular formula is C23H21N7O2. The Bertz CT molecular complexity index is 1270. The SMILES string of the molecule is Cn1c(NCc2ccc(Oc3ncc(C#N)cn3)cc2)nc2ccc(NC3COC3)cc21. The van der Waals surface area contributed by atoms with Crippen molar-refractivity contribution in [2.75, 3.05) is 23.8 Å². The molecule has 0 aliphatic carbocycles. The van der Waals surface area contributed by atoms with E-state index in [4.69, 9.17) is 19.7 Å². The average molecular weight is 427 g/mol. The molecular weight excluding hydrogens is 406 g/mol. The topological polar surface area (TPSA) is 110 Å². The van der Waals surface area contributed by atoms with Crippen molar-refractivity contribution in [1.82, 2.24) is 19.5 Å². The van der Waals surface area contributed by atoms with Crippen molar-refractivity contribution >= 4 is 22.7 Å². The summed E-state index contributed by atoms with van der Waals surface area (Å²) in [6, 6.07) is 16.4. The Morgan fingerprint density at radius 1 is 1.16 bits per heavy atom. The molecule has 0 saturated carbocycles. The number of nitriles is 1. The lowest BCUT2D eigenvalue weighted by Gasteiger charge is -2.27. The maximum atomic E-state index is 8.81. The van der Waals surface area contributed by atoms with Gasteiger partial charge < -0.3 is 24.7 Å². The van der Waals surface area contributed by atoms with Gasteiger partial charge in [-0.25, -0.2) is 15.0 Å². The third-order valence-electron chi connectivity index (χ3n) is 5.23. The number of fused-ring (bicyclic) bond motifs is 1. The number of aryl methyl sites for hydroxylation is 1. The highest BCUT2D eigenvalue weighted by molar-refractivity contribution is 5.82. The van der Waals surface area contributed by atoms with Gasteiger partial charge >= 0.3 is 6.01 Å². The number of ether oxygens (including phenoxy) is 2. The third-order valence-corrected chi connectivity index (χ3v) is 5.23. The summed E-state index contributed by atoms with van der Waals surface area (Å²) < 4.78 is 12.9. The number of benzene rings is 2. The molecule has 1 fully saturated rings. The lowest BCUT2D eigenvalue weighted by atomic mass is 10.2. The van der Waals surface area contributed by atoms with Gasteiger partial charge in [-0.3, -0.25) is 0 Å². The molecule has 0 amide bonds. The molecule has 2 N–H and O–H groups in total. The lowest BCUT2D eigenvalue weighted by molar-refractivity contribution is 0.0211. The summed E-state index contributed by atoms with van der Waals surface area (Å²) in [7, 11) is 2.00. The molecule has 4 aromatic rings. The predicted octanol–water partition coefficient (Wildman–Crippen LogP) is 3.45. The second kappa shape index (κ2) is 8.53. The Hall–Kier alpha value is -4.16. The molecule has 1 aliphatic rings. The zero-order valence-corrected chi connectivity index (χ0v) is 17.4. The molecule has 3 heterocycles. The summed E-state index contributed by atoms with van der Waals surface area (Å²) in [5.74, 6) is 1.42. The summed E-state index contributed by atoms with van der Waals surface area (Å²) >= 11 is 0. The minimum atomic E-state index is 0.202. The number of aromatic nitrogens is 4. The van der Waals surface area contributed by atoms with Gasteiger partial charge in [0.1, 0.15) is 11.8 Å². The van der Waals surface area contributed by atoms with Crippen LogP contribution in [-0.2, 0) is 18.3 Å². The number of nitrogens with one attached hydrogen (secondary N) is 2. The van der Waals surface area contributed by atoms with Crippen LogP contribution in [0.3, 0.4) is 0 Å². The summed E-state index contributed by atoms with van der Waals surface area (Å²) in [6.07, 6.45) is 2.86. The first-order valence-electron chi connectivity index (χ1n) is 10.2. The molecule has 32 heavy (non-hydrogen) atoms. The Labute approximate surface area is 184 Å². The normalized spacial score (nSPS) is 13.4. The van der Waals surface area contributed by atoms with Crippen molar-refractivity contribution in [3.05, 3.63) is 66.0 Å². The summed E-state index contributed by atoms with van der Waals surface area (Å²) in [5.41, 5.74) is 4.54. The first-order valence-corrected chi connectivity index (χ1v) is 10.2. The van der Waals surface area contributed by atoms with E-state index in [9.17, 15) is 0 Å². The van der Waals surface area contributed by atoms with Gasteiger partial charge in [0.15, 0.2) is 0 Å². The summed E-state index contributed by atoms with van der Waals surface area (Å²) in [6.45, 7) is 2.12. The van der Waals surface area contributed by atoms with E-state index in [1.54, 1.807) is 0 Å². The molecule has 0 radical (unpaired) electrons. The van der Waals surface area contributed by atoms with Gasteiger partial charge in [-0.15, -0.1) is 0 Å². The molecule has 1 saturated heterocycles. The molecule has 0 spiro atoms. The molecule has 0 atom stereocenters. The van der Waals surface area contributed by atoms with E-state index >= 15 is 0 Å². The fraction of sp³-hybridized carbons (Fsp3) is 0.217. The second-order valence-corrected chi connectivity index (χ2v) is 7.54. The second-order valence-electron chi connectivity index (χ2n) is 7.54. The van der Waals surface area contributed by atoms with Crippen LogP contribution in [0.15, 0.2) is 54.9 Å². The maximum Gasteiger partial charge on any atom is 0.321 e. The van der Waals surface area contributed by atoms with Gasteiger partial charge in [0, 0.05) is 19.3 Å². The minimum absolute atomic E-state index is 0.202. The van der Waals surface area contributed by atoms with E-state index in [1.807, 2.05) is 49.5 Å². The van der Waals surface area contributed by atoms with Gasteiger partial charge in [-0.1, -0.05) is 12.1 Å². The van der Waals surface area contributed by atoms with E-state index in [1.165, 1.54) is 12.4 Å². The molecule has 9 nitrogen and oxygen atoms in total. The fourth-order valence-electron chi connectivity index (χ4n) is 3.38.